The van der Waals surface area contributed by atoms with Gasteiger partial charge in [-0.05, 0) is 5.56 Å². The van der Waals surface area contributed by atoms with E-state index in [0.717, 1.165) is 5.56 Å². The lowest BCUT2D eigenvalue weighted by atomic mass is 10.1. The molecule has 0 aliphatic carbocycles. The van der Waals surface area contributed by atoms with Gasteiger partial charge in [0, 0.05) is 6.42 Å². The molecule has 0 amide bonds. The summed E-state index contributed by atoms with van der Waals surface area (Å²) in [4.78, 5) is 9.93. The van der Waals surface area contributed by atoms with Crippen LogP contribution in [0.5, 0.6) is 0 Å². The summed E-state index contributed by atoms with van der Waals surface area (Å²) >= 11 is 0. The standard InChI is InChI=1S/C9H9O2/c10-7-9(11)6-8-4-2-1-3-5-8/h1-5,9,11H,6H2/t9-/m1/s1. The second-order valence-corrected chi connectivity index (χ2v) is 2.32. The molecule has 1 aromatic rings. The molecule has 0 spiro atoms. The first-order valence-electron chi connectivity index (χ1n) is 3.42. The molecule has 1 aromatic carbocycles. The summed E-state index contributed by atoms with van der Waals surface area (Å²) in [7, 11) is 0. The van der Waals surface area contributed by atoms with Crippen LogP contribution in [0, 0.1) is 0 Å². The molecule has 2 heteroatoms. The molecule has 57 valence electrons. The Morgan fingerprint density at radius 1 is 1.36 bits per heavy atom. The number of aliphatic hydroxyl groups excluding tert-OH is 1. The van der Waals surface area contributed by atoms with Gasteiger partial charge in [-0.1, -0.05) is 30.3 Å². The monoisotopic (exact) mass is 149 g/mol. The van der Waals surface area contributed by atoms with Gasteiger partial charge in [0.1, 0.15) is 6.10 Å². The number of carbonyl (C=O) groups excluding carboxylic acids is 1. The molecule has 0 aliphatic heterocycles. The van der Waals surface area contributed by atoms with Crippen molar-refractivity contribution in [2.75, 3.05) is 0 Å². The van der Waals surface area contributed by atoms with Gasteiger partial charge in [0.25, 0.3) is 0 Å². The highest BCUT2D eigenvalue weighted by molar-refractivity contribution is 5.57. The molecule has 1 atom stereocenters. The van der Waals surface area contributed by atoms with E-state index in [1.807, 2.05) is 30.3 Å². The van der Waals surface area contributed by atoms with E-state index in [4.69, 9.17) is 5.11 Å². The second kappa shape index (κ2) is 3.88. The molecular formula is C9H9O2. The van der Waals surface area contributed by atoms with Gasteiger partial charge in [-0.15, -0.1) is 0 Å². The fourth-order valence-corrected chi connectivity index (χ4v) is 0.879. The molecule has 0 saturated carbocycles. The number of hydrogen-bond acceptors (Lipinski definition) is 2. The third-order valence-electron chi connectivity index (χ3n) is 1.41. The van der Waals surface area contributed by atoms with Crippen molar-refractivity contribution in [3.05, 3.63) is 35.9 Å². The molecule has 2 nitrogen and oxygen atoms in total. The molecule has 11 heavy (non-hydrogen) atoms. The normalized spacial score (nSPS) is 12.5. The van der Waals surface area contributed by atoms with Crippen LogP contribution in [-0.2, 0) is 11.2 Å². The Morgan fingerprint density at radius 3 is 2.55 bits per heavy atom. The van der Waals surface area contributed by atoms with Crippen molar-refractivity contribution in [3.63, 3.8) is 0 Å². The molecule has 0 bridgehead atoms. The number of benzene rings is 1. The van der Waals surface area contributed by atoms with Crippen molar-refractivity contribution in [2.24, 2.45) is 0 Å². The van der Waals surface area contributed by atoms with Crippen molar-refractivity contribution in [3.8, 4) is 0 Å². The Bertz CT molecular complexity index is 218. The van der Waals surface area contributed by atoms with E-state index in [1.54, 1.807) is 0 Å². The van der Waals surface area contributed by atoms with Gasteiger partial charge in [-0.3, -0.25) is 4.79 Å². The van der Waals surface area contributed by atoms with E-state index >= 15 is 0 Å². The molecule has 0 heterocycles. The van der Waals surface area contributed by atoms with E-state index in [1.165, 1.54) is 6.29 Å². The quantitative estimate of drug-likeness (QED) is 0.686. The minimum Gasteiger partial charge on any atom is -0.384 e. The summed E-state index contributed by atoms with van der Waals surface area (Å²) in [6.45, 7) is 0. The highest BCUT2D eigenvalue weighted by Gasteiger charge is 2.02. The molecule has 1 rings (SSSR count). The summed E-state index contributed by atoms with van der Waals surface area (Å²) in [6.07, 6.45) is 0.882. The Hall–Kier alpha value is -1.15. The average Bonchev–Trinajstić information content (AvgIpc) is 2.06. The van der Waals surface area contributed by atoms with Crippen LogP contribution in [0.4, 0.5) is 0 Å². The Balaban J connectivity index is 2.57. The molecule has 0 aliphatic rings. The molecule has 0 saturated heterocycles. The summed E-state index contributed by atoms with van der Waals surface area (Å²) in [5.41, 5.74) is 0.948. The van der Waals surface area contributed by atoms with Gasteiger partial charge in [-0.2, -0.15) is 0 Å². The van der Waals surface area contributed by atoms with Crippen LogP contribution in [0.25, 0.3) is 0 Å². The Labute approximate surface area is 65.5 Å². The van der Waals surface area contributed by atoms with Crippen molar-refractivity contribution in [1.29, 1.82) is 0 Å². The zero-order valence-electron chi connectivity index (χ0n) is 6.03. The summed E-state index contributed by atoms with van der Waals surface area (Å²) in [5, 5.41) is 8.89. The van der Waals surface area contributed by atoms with Gasteiger partial charge in [0.15, 0.2) is 0 Å². The van der Waals surface area contributed by atoms with Crippen molar-refractivity contribution >= 4 is 6.29 Å². The van der Waals surface area contributed by atoms with E-state index in [-0.39, 0.29) is 0 Å². The van der Waals surface area contributed by atoms with E-state index in [9.17, 15) is 4.79 Å². The van der Waals surface area contributed by atoms with Crippen LogP contribution in [0.15, 0.2) is 30.3 Å². The van der Waals surface area contributed by atoms with E-state index in [2.05, 4.69) is 0 Å². The summed E-state index contributed by atoms with van der Waals surface area (Å²) in [6, 6.07) is 9.35. The van der Waals surface area contributed by atoms with Crippen LogP contribution in [0.1, 0.15) is 5.56 Å². The zero-order chi connectivity index (χ0) is 8.10. The predicted molar refractivity (Wildman–Crippen MR) is 41.8 cm³/mol. The van der Waals surface area contributed by atoms with Crippen LogP contribution in [-0.4, -0.2) is 17.5 Å². The topological polar surface area (TPSA) is 37.3 Å². The first-order chi connectivity index (χ1) is 5.33. The highest BCUT2D eigenvalue weighted by Crippen LogP contribution is 2.00. The molecule has 0 unspecified atom stereocenters. The van der Waals surface area contributed by atoms with Crippen molar-refractivity contribution in [1.82, 2.24) is 0 Å². The fourth-order valence-electron chi connectivity index (χ4n) is 0.879. The molecule has 0 aromatic heterocycles. The third-order valence-corrected chi connectivity index (χ3v) is 1.41. The van der Waals surface area contributed by atoms with Crippen LogP contribution in [0.3, 0.4) is 0 Å². The Kier molecular flexibility index (Phi) is 2.81. The smallest absolute Gasteiger partial charge is 0.229 e. The maximum atomic E-state index is 9.93. The van der Waals surface area contributed by atoms with Gasteiger partial charge in [-0.25, -0.2) is 0 Å². The predicted octanol–water partition coefficient (Wildman–Crippen LogP) is 0.700. The van der Waals surface area contributed by atoms with E-state index in [0.29, 0.717) is 6.42 Å². The average molecular weight is 149 g/mol. The maximum Gasteiger partial charge on any atom is 0.229 e. The Morgan fingerprint density at radius 2 is 2.00 bits per heavy atom. The maximum absolute atomic E-state index is 9.93. The lowest BCUT2D eigenvalue weighted by molar-refractivity contribution is 0.235. The lowest BCUT2D eigenvalue weighted by Crippen LogP contribution is -2.10. The molecule has 1 N–H and O–H groups in total. The highest BCUT2D eigenvalue weighted by atomic mass is 16.3. The van der Waals surface area contributed by atoms with Gasteiger partial charge in [0.2, 0.25) is 6.29 Å². The minimum absolute atomic E-state index is 0.352. The third kappa shape index (κ3) is 2.51. The van der Waals surface area contributed by atoms with Crippen LogP contribution < -0.4 is 0 Å². The first kappa shape index (κ1) is 7.95. The van der Waals surface area contributed by atoms with Gasteiger partial charge in [0.05, 0.1) is 0 Å². The number of hydrogen-bond donors (Lipinski definition) is 1. The summed E-state index contributed by atoms with van der Waals surface area (Å²) < 4.78 is 0. The van der Waals surface area contributed by atoms with Crippen molar-refractivity contribution < 1.29 is 9.90 Å². The minimum atomic E-state index is -0.989. The van der Waals surface area contributed by atoms with Crippen LogP contribution >= 0.6 is 0 Å². The van der Waals surface area contributed by atoms with Crippen molar-refractivity contribution in [2.45, 2.75) is 12.5 Å². The SMILES string of the molecule is O=[C][C@H](O)Cc1ccccc1. The first-order valence-corrected chi connectivity index (χ1v) is 3.42. The lowest BCUT2D eigenvalue weighted by Gasteiger charge is -2.00. The molecule has 0 fully saturated rings. The van der Waals surface area contributed by atoms with Gasteiger partial charge >= 0.3 is 0 Å². The largest absolute Gasteiger partial charge is 0.384 e. The number of aliphatic hydroxyl groups is 1. The summed E-state index contributed by atoms with van der Waals surface area (Å²) in [5.74, 6) is 0. The number of rotatable bonds is 3. The molecule has 1 radical (unpaired) electrons. The fraction of sp³-hybridized carbons (Fsp3) is 0.222. The van der Waals surface area contributed by atoms with Crippen LogP contribution in [0.2, 0.25) is 0 Å². The van der Waals surface area contributed by atoms with E-state index < -0.39 is 6.10 Å². The zero-order valence-corrected chi connectivity index (χ0v) is 6.03. The molecular weight excluding hydrogens is 140 g/mol. The second-order valence-electron chi connectivity index (χ2n) is 2.32. The van der Waals surface area contributed by atoms with Gasteiger partial charge < -0.3 is 5.11 Å².